The van der Waals surface area contributed by atoms with Crippen LogP contribution in [-0.2, 0) is 9.16 Å². The molecule has 0 bridgehead atoms. The molecule has 0 aliphatic heterocycles. The summed E-state index contributed by atoms with van der Waals surface area (Å²) in [4.78, 5) is 0. The Kier molecular flexibility index (Phi) is 5.23. The molecule has 0 atom stereocenters. The van der Waals surface area contributed by atoms with Crippen LogP contribution in [0.1, 0.15) is 53.4 Å². The van der Waals surface area contributed by atoms with Crippen molar-refractivity contribution in [2.45, 2.75) is 83.7 Å². The first-order valence-electron chi connectivity index (χ1n) is 7.05. The highest BCUT2D eigenvalue weighted by atomic mass is 28.4. The summed E-state index contributed by atoms with van der Waals surface area (Å²) in [6.45, 7) is 14.6. The first kappa shape index (κ1) is 15.2. The third-order valence-corrected chi connectivity index (χ3v) is 8.83. The lowest BCUT2D eigenvalue weighted by molar-refractivity contribution is 0.00572. The molecule has 0 aromatic carbocycles. The van der Waals surface area contributed by atoms with Gasteiger partial charge in [-0.3, -0.25) is 0 Å². The molecule has 0 N–H and O–H groups in total. The van der Waals surface area contributed by atoms with Crippen molar-refractivity contribution in [1.29, 1.82) is 0 Å². The van der Waals surface area contributed by atoms with E-state index < -0.39 is 8.32 Å². The molecule has 1 aliphatic carbocycles. The van der Waals surface area contributed by atoms with E-state index in [2.05, 4.69) is 40.8 Å². The van der Waals surface area contributed by atoms with Gasteiger partial charge < -0.3 is 9.16 Å². The highest BCUT2D eigenvalue weighted by molar-refractivity contribution is 6.74. The Morgan fingerprint density at radius 1 is 1.00 bits per heavy atom. The fourth-order valence-electron chi connectivity index (χ4n) is 2.15. The van der Waals surface area contributed by atoms with Crippen LogP contribution in [0.3, 0.4) is 0 Å². The maximum Gasteiger partial charge on any atom is 0.192 e. The predicted octanol–water partition coefficient (Wildman–Crippen LogP) is 4.36. The molecule has 1 aliphatic rings. The molecule has 102 valence electrons. The maximum atomic E-state index is 6.45. The second kappa shape index (κ2) is 5.85. The van der Waals surface area contributed by atoms with Crippen LogP contribution in [0.5, 0.6) is 0 Å². The quantitative estimate of drug-likeness (QED) is 0.698. The fourth-order valence-corrected chi connectivity index (χ4v) is 3.57. The summed E-state index contributed by atoms with van der Waals surface area (Å²) < 4.78 is 12.1. The zero-order valence-corrected chi connectivity index (χ0v) is 13.5. The van der Waals surface area contributed by atoms with Crippen molar-refractivity contribution in [2.75, 3.05) is 6.61 Å². The molecular weight excluding hydrogens is 228 g/mol. The van der Waals surface area contributed by atoms with Crippen LogP contribution in [0.25, 0.3) is 0 Å². The highest BCUT2D eigenvalue weighted by Crippen LogP contribution is 2.39. The monoisotopic (exact) mass is 258 g/mol. The number of ether oxygens (including phenoxy) is 1. The zero-order valence-electron chi connectivity index (χ0n) is 12.5. The first-order valence-corrected chi connectivity index (χ1v) is 9.96. The van der Waals surface area contributed by atoms with Gasteiger partial charge in [-0.1, -0.05) is 20.8 Å². The van der Waals surface area contributed by atoms with Gasteiger partial charge in [-0.25, -0.2) is 0 Å². The van der Waals surface area contributed by atoms with Crippen molar-refractivity contribution < 1.29 is 9.16 Å². The molecule has 0 unspecified atom stereocenters. The van der Waals surface area contributed by atoms with Crippen LogP contribution in [0.4, 0.5) is 0 Å². The van der Waals surface area contributed by atoms with E-state index in [4.69, 9.17) is 9.16 Å². The Morgan fingerprint density at radius 2 is 1.47 bits per heavy atom. The van der Waals surface area contributed by atoms with Crippen molar-refractivity contribution in [3.63, 3.8) is 0 Å². The zero-order chi connectivity index (χ0) is 13.1. The molecule has 3 heteroatoms. The molecule has 2 nitrogen and oxygen atoms in total. The van der Waals surface area contributed by atoms with Crippen molar-refractivity contribution in [1.82, 2.24) is 0 Å². The van der Waals surface area contributed by atoms with Crippen LogP contribution in [0.15, 0.2) is 0 Å². The Balaban J connectivity index is 2.40. The molecule has 0 aromatic heterocycles. The van der Waals surface area contributed by atoms with Gasteiger partial charge in [0.25, 0.3) is 0 Å². The lowest BCUT2D eigenvalue weighted by Gasteiger charge is -2.41. The normalized spacial score (nSPS) is 27.2. The Morgan fingerprint density at radius 3 is 1.88 bits per heavy atom. The lowest BCUT2D eigenvalue weighted by atomic mass is 9.95. The van der Waals surface area contributed by atoms with E-state index >= 15 is 0 Å². The van der Waals surface area contributed by atoms with Gasteiger partial charge in [-0.05, 0) is 50.7 Å². The first-order chi connectivity index (χ1) is 7.76. The third-order valence-electron chi connectivity index (χ3n) is 4.29. The standard InChI is InChI=1S/C14H30O2Si/c1-7-15-12-8-10-13(11-9-12)16-17(5,6)14(2,3)4/h12-13H,7-11H2,1-6H3/t12-,13-. The molecular formula is C14H30O2Si. The van der Waals surface area contributed by atoms with Crippen LogP contribution in [-0.4, -0.2) is 27.1 Å². The molecule has 1 rings (SSSR count). The largest absolute Gasteiger partial charge is 0.414 e. The summed E-state index contributed by atoms with van der Waals surface area (Å²) in [6, 6.07) is 0. The Labute approximate surface area is 108 Å². The minimum Gasteiger partial charge on any atom is -0.414 e. The molecule has 17 heavy (non-hydrogen) atoms. The topological polar surface area (TPSA) is 18.5 Å². The number of hydrogen-bond acceptors (Lipinski definition) is 2. The molecule has 0 heterocycles. The molecule has 0 amide bonds. The van der Waals surface area contributed by atoms with Gasteiger partial charge in [0.1, 0.15) is 0 Å². The summed E-state index contributed by atoms with van der Waals surface area (Å²) in [5.41, 5.74) is 0. The fraction of sp³-hybridized carbons (Fsp3) is 1.00. The summed E-state index contributed by atoms with van der Waals surface area (Å²) in [5, 5.41) is 0.323. The molecule has 1 fully saturated rings. The summed E-state index contributed by atoms with van der Waals surface area (Å²) >= 11 is 0. The van der Waals surface area contributed by atoms with E-state index in [0.717, 1.165) is 6.61 Å². The third kappa shape index (κ3) is 4.38. The van der Waals surface area contributed by atoms with Crippen LogP contribution >= 0.6 is 0 Å². The average Bonchev–Trinajstić information content (AvgIpc) is 2.19. The molecule has 0 aromatic rings. The molecule has 0 spiro atoms. The average molecular weight is 258 g/mol. The summed E-state index contributed by atoms with van der Waals surface area (Å²) in [6.07, 6.45) is 5.67. The van der Waals surface area contributed by atoms with Crippen molar-refractivity contribution in [2.24, 2.45) is 0 Å². The predicted molar refractivity (Wildman–Crippen MR) is 76.0 cm³/mol. The van der Waals surface area contributed by atoms with Crippen molar-refractivity contribution in [3.8, 4) is 0 Å². The molecule has 1 saturated carbocycles. The Hall–Kier alpha value is 0.137. The minimum absolute atomic E-state index is 0.323. The van der Waals surface area contributed by atoms with E-state index in [1.165, 1.54) is 25.7 Å². The van der Waals surface area contributed by atoms with Gasteiger partial charge in [-0.2, -0.15) is 0 Å². The van der Waals surface area contributed by atoms with Crippen molar-refractivity contribution in [3.05, 3.63) is 0 Å². The Bertz CT molecular complexity index is 225. The number of rotatable bonds is 4. The van der Waals surface area contributed by atoms with Gasteiger partial charge >= 0.3 is 0 Å². The van der Waals surface area contributed by atoms with Crippen molar-refractivity contribution >= 4 is 8.32 Å². The molecule has 0 radical (unpaired) electrons. The van der Waals surface area contributed by atoms with Gasteiger partial charge in [0.05, 0.1) is 6.10 Å². The van der Waals surface area contributed by atoms with Gasteiger partial charge in [0, 0.05) is 12.7 Å². The van der Waals surface area contributed by atoms with Crippen LogP contribution < -0.4 is 0 Å². The van der Waals surface area contributed by atoms with Gasteiger partial charge in [0.2, 0.25) is 0 Å². The summed E-state index contributed by atoms with van der Waals surface area (Å²) in [5.74, 6) is 0. The van der Waals surface area contributed by atoms with Gasteiger partial charge in [-0.15, -0.1) is 0 Å². The van der Waals surface area contributed by atoms with Crippen LogP contribution in [0.2, 0.25) is 18.1 Å². The SMILES string of the molecule is CCO[C@H]1CC[C@H](O[Si](C)(C)C(C)(C)C)CC1. The smallest absolute Gasteiger partial charge is 0.192 e. The van der Waals surface area contributed by atoms with E-state index in [1.807, 2.05) is 0 Å². The second-order valence-corrected chi connectivity index (χ2v) is 11.5. The van der Waals surface area contributed by atoms with Crippen LogP contribution in [0, 0.1) is 0 Å². The number of hydrogen-bond donors (Lipinski definition) is 0. The van der Waals surface area contributed by atoms with E-state index in [1.54, 1.807) is 0 Å². The highest BCUT2D eigenvalue weighted by Gasteiger charge is 2.39. The second-order valence-electron chi connectivity index (χ2n) is 6.73. The van der Waals surface area contributed by atoms with E-state index in [-0.39, 0.29) is 0 Å². The summed E-state index contributed by atoms with van der Waals surface area (Å²) in [7, 11) is -1.57. The van der Waals surface area contributed by atoms with Gasteiger partial charge in [0.15, 0.2) is 8.32 Å². The lowest BCUT2D eigenvalue weighted by Crippen LogP contribution is -2.45. The maximum absolute atomic E-state index is 6.45. The molecule has 0 saturated heterocycles. The minimum atomic E-state index is -1.57. The van der Waals surface area contributed by atoms with E-state index in [9.17, 15) is 0 Å². The van der Waals surface area contributed by atoms with E-state index in [0.29, 0.717) is 17.2 Å².